The first-order chi connectivity index (χ1) is 11.7. The Hall–Kier alpha value is -2.27. The van der Waals surface area contributed by atoms with Crippen LogP contribution in [0.3, 0.4) is 0 Å². The number of furan rings is 1. The normalized spacial score (nSPS) is 24.0. The number of amides is 1. The fraction of sp³-hybridized carbons (Fsp3) is 0.421. The number of benzene rings is 1. The van der Waals surface area contributed by atoms with E-state index in [0.717, 1.165) is 49.5 Å². The second-order valence-corrected chi connectivity index (χ2v) is 6.72. The van der Waals surface area contributed by atoms with Gasteiger partial charge in [-0.1, -0.05) is 0 Å². The quantitative estimate of drug-likeness (QED) is 0.906. The third-order valence-corrected chi connectivity index (χ3v) is 5.00. The first-order valence-electron chi connectivity index (χ1n) is 8.58. The maximum Gasteiger partial charge on any atom is 0.228 e. The van der Waals surface area contributed by atoms with Crippen molar-refractivity contribution in [2.24, 2.45) is 5.92 Å². The zero-order valence-electron chi connectivity index (χ0n) is 13.5. The van der Waals surface area contributed by atoms with Gasteiger partial charge in [-0.15, -0.1) is 0 Å². The Morgan fingerprint density at radius 2 is 1.92 bits per heavy atom. The average Bonchev–Trinajstić information content (AvgIpc) is 3.22. The van der Waals surface area contributed by atoms with Crippen molar-refractivity contribution >= 4 is 17.3 Å². The Morgan fingerprint density at radius 1 is 1.17 bits per heavy atom. The SMILES string of the molecule is O=C(Nc1ccc(N2CCC(O)CC2)cc1)C1CC1c1ccco1. The van der Waals surface area contributed by atoms with Crippen molar-refractivity contribution in [3.8, 4) is 0 Å². The maximum atomic E-state index is 12.3. The van der Waals surface area contributed by atoms with Gasteiger partial charge in [0.1, 0.15) is 5.76 Å². The fourth-order valence-electron chi connectivity index (χ4n) is 3.42. The third kappa shape index (κ3) is 3.17. The second-order valence-electron chi connectivity index (χ2n) is 6.72. The number of hydrogen-bond donors (Lipinski definition) is 2. The summed E-state index contributed by atoms with van der Waals surface area (Å²) in [7, 11) is 0. The summed E-state index contributed by atoms with van der Waals surface area (Å²) in [5, 5.41) is 12.6. The first kappa shape index (κ1) is 15.3. The molecule has 2 aliphatic rings. The molecule has 0 spiro atoms. The largest absolute Gasteiger partial charge is 0.469 e. The Kier molecular flexibility index (Phi) is 4.02. The van der Waals surface area contributed by atoms with Gasteiger partial charge >= 0.3 is 0 Å². The van der Waals surface area contributed by atoms with Gasteiger partial charge in [0.05, 0.1) is 12.4 Å². The molecule has 5 heteroatoms. The van der Waals surface area contributed by atoms with Crippen LogP contribution in [0.5, 0.6) is 0 Å². The Morgan fingerprint density at radius 3 is 2.58 bits per heavy atom. The van der Waals surface area contributed by atoms with E-state index in [1.54, 1.807) is 6.26 Å². The lowest BCUT2D eigenvalue weighted by atomic mass is 10.1. The molecule has 1 aliphatic carbocycles. The van der Waals surface area contributed by atoms with Gasteiger partial charge in [-0.3, -0.25) is 4.79 Å². The Balaban J connectivity index is 1.33. The van der Waals surface area contributed by atoms with E-state index in [9.17, 15) is 9.90 Å². The molecule has 2 heterocycles. The summed E-state index contributed by atoms with van der Waals surface area (Å²) < 4.78 is 5.38. The predicted molar refractivity (Wildman–Crippen MR) is 92.1 cm³/mol. The molecule has 24 heavy (non-hydrogen) atoms. The number of aliphatic hydroxyl groups excluding tert-OH is 1. The van der Waals surface area contributed by atoms with Gasteiger partial charge < -0.3 is 19.7 Å². The molecule has 5 nitrogen and oxygen atoms in total. The summed E-state index contributed by atoms with van der Waals surface area (Å²) in [6, 6.07) is 11.8. The maximum absolute atomic E-state index is 12.3. The summed E-state index contributed by atoms with van der Waals surface area (Å²) in [5.74, 6) is 1.20. The van der Waals surface area contributed by atoms with E-state index in [0.29, 0.717) is 0 Å². The van der Waals surface area contributed by atoms with E-state index >= 15 is 0 Å². The van der Waals surface area contributed by atoms with Crippen molar-refractivity contribution in [2.45, 2.75) is 31.3 Å². The van der Waals surface area contributed by atoms with Gasteiger partial charge in [-0.25, -0.2) is 0 Å². The van der Waals surface area contributed by atoms with E-state index in [4.69, 9.17) is 4.42 Å². The van der Waals surface area contributed by atoms with Crippen LogP contribution in [0.2, 0.25) is 0 Å². The molecule has 1 aromatic carbocycles. The van der Waals surface area contributed by atoms with Crippen molar-refractivity contribution in [1.29, 1.82) is 0 Å². The van der Waals surface area contributed by atoms with Crippen molar-refractivity contribution in [1.82, 2.24) is 0 Å². The van der Waals surface area contributed by atoms with Gasteiger partial charge in [0.25, 0.3) is 0 Å². The summed E-state index contributed by atoms with van der Waals surface area (Å²) in [6.45, 7) is 1.75. The lowest BCUT2D eigenvalue weighted by Gasteiger charge is -2.31. The zero-order chi connectivity index (χ0) is 16.5. The monoisotopic (exact) mass is 326 g/mol. The van der Waals surface area contributed by atoms with Crippen LogP contribution in [-0.4, -0.2) is 30.2 Å². The first-order valence-corrected chi connectivity index (χ1v) is 8.58. The molecule has 1 amide bonds. The van der Waals surface area contributed by atoms with Crippen LogP contribution in [0.1, 0.15) is 30.9 Å². The number of rotatable bonds is 4. The number of carbonyl (C=O) groups excluding carboxylic acids is 1. The van der Waals surface area contributed by atoms with Crippen LogP contribution in [-0.2, 0) is 4.79 Å². The highest BCUT2D eigenvalue weighted by atomic mass is 16.3. The highest BCUT2D eigenvalue weighted by Crippen LogP contribution is 2.48. The minimum Gasteiger partial charge on any atom is -0.469 e. The smallest absolute Gasteiger partial charge is 0.228 e. The molecule has 1 saturated carbocycles. The van der Waals surface area contributed by atoms with Gasteiger partial charge in [0.15, 0.2) is 0 Å². The van der Waals surface area contributed by atoms with Crippen LogP contribution < -0.4 is 10.2 Å². The molecule has 1 saturated heterocycles. The number of anilines is 2. The van der Waals surface area contributed by atoms with E-state index in [1.807, 2.05) is 36.4 Å². The van der Waals surface area contributed by atoms with E-state index in [2.05, 4.69) is 10.2 Å². The number of carbonyl (C=O) groups is 1. The molecule has 2 unspecified atom stereocenters. The van der Waals surface area contributed by atoms with Crippen LogP contribution in [0.25, 0.3) is 0 Å². The lowest BCUT2D eigenvalue weighted by molar-refractivity contribution is -0.117. The predicted octanol–water partition coefficient (Wildman–Crippen LogP) is 2.98. The van der Waals surface area contributed by atoms with Crippen LogP contribution >= 0.6 is 0 Å². The van der Waals surface area contributed by atoms with Crippen molar-refractivity contribution in [3.63, 3.8) is 0 Å². The zero-order valence-corrected chi connectivity index (χ0v) is 13.5. The van der Waals surface area contributed by atoms with Crippen molar-refractivity contribution in [3.05, 3.63) is 48.4 Å². The summed E-state index contributed by atoms with van der Waals surface area (Å²) in [4.78, 5) is 14.6. The molecular formula is C19H22N2O3. The second kappa shape index (κ2) is 6.32. The number of piperidine rings is 1. The molecule has 2 atom stereocenters. The minimum absolute atomic E-state index is 0.0133. The van der Waals surface area contributed by atoms with Gasteiger partial charge in [-0.2, -0.15) is 0 Å². The molecule has 2 aromatic rings. The third-order valence-electron chi connectivity index (χ3n) is 5.00. The minimum atomic E-state index is -0.166. The number of nitrogens with zero attached hydrogens (tertiary/aromatic N) is 1. The van der Waals surface area contributed by atoms with Crippen molar-refractivity contribution < 1.29 is 14.3 Å². The lowest BCUT2D eigenvalue weighted by Crippen LogP contribution is -2.35. The average molecular weight is 326 g/mol. The van der Waals surface area contributed by atoms with Crippen LogP contribution in [0.4, 0.5) is 11.4 Å². The molecule has 126 valence electrons. The summed E-state index contributed by atoms with van der Waals surface area (Å²) in [5.41, 5.74) is 1.96. The van der Waals surface area contributed by atoms with Crippen molar-refractivity contribution in [2.75, 3.05) is 23.3 Å². The van der Waals surface area contributed by atoms with E-state index in [1.165, 1.54) is 0 Å². The molecule has 0 bridgehead atoms. The summed E-state index contributed by atoms with van der Waals surface area (Å²) in [6.07, 6.45) is 3.97. The Bertz CT molecular complexity index is 688. The van der Waals surface area contributed by atoms with Gasteiger partial charge in [0, 0.05) is 36.3 Å². The molecule has 4 rings (SSSR count). The Labute approximate surface area is 141 Å². The topological polar surface area (TPSA) is 65.7 Å². The fourth-order valence-corrected chi connectivity index (χ4v) is 3.42. The molecule has 1 aromatic heterocycles. The summed E-state index contributed by atoms with van der Waals surface area (Å²) >= 11 is 0. The molecular weight excluding hydrogens is 304 g/mol. The number of nitrogens with one attached hydrogen (secondary N) is 1. The van der Waals surface area contributed by atoms with Gasteiger partial charge in [0.2, 0.25) is 5.91 Å². The van der Waals surface area contributed by atoms with E-state index in [-0.39, 0.29) is 23.8 Å². The molecule has 1 aliphatic heterocycles. The highest BCUT2D eigenvalue weighted by molar-refractivity contribution is 5.95. The van der Waals surface area contributed by atoms with Crippen LogP contribution in [0, 0.1) is 5.92 Å². The number of hydrogen-bond acceptors (Lipinski definition) is 4. The molecule has 0 radical (unpaired) electrons. The van der Waals surface area contributed by atoms with Gasteiger partial charge in [-0.05, 0) is 55.7 Å². The van der Waals surface area contributed by atoms with E-state index < -0.39 is 0 Å². The highest BCUT2D eigenvalue weighted by Gasteiger charge is 2.45. The van der Waals surface area contributed by atoms with Crippen LogP contribution in [0.15, 0.2) is 47.1 Å². The molecule has 2 N–H and O–H groups in total. The molecule has 2 fully saturated rings. The standard InChI is InChI=1S/C19H22N2O3/c22-15-7-9-21(10-8-15)14-5-3-13(4-6-14)20-19(23)17-12-16(17)18-2-1-11-24-18/h1-6,11,15-17,22H,7-10,12H2,(H,20,23). The number of aliphatic hydroxyl groups is 1.